The van der Waals surface area contributed by atoms with E-state index >= 15 is 0 Å². The second-order valence-electron chi connectivity index (χ2n) is 8.32. The molecular weight excluding hydrogens is 310 g/mol. The van der Waals surface area contributed by atoms with Crippen molar-refractivity contribution < 1.29 is 9.84 Å². The van der Waals surface area contributed by atoms with Crippen molar-refractivity contribution in [3.63, 3.8) is 0 Å². The van der Waals surface area contributed by atoms with Gasteiger partial charge >= 0.3 is 0 Å². The van der Waals surface area contributed by atoms with Crippen LogP contribution in [0.5, 0.6) is 5.75 Å². The van der Waals surface area contributed by atoms with Crippen molar-refractivity contribution in [1.82, 2.24) is 0 Å². The van der Waals surface area contributed by atoms with Crippen LogP contribution in [0.3, 0.4) is 0 Å². The molecule has 1 aromatic carbocycles. The maximum atomic E-state index is 10.3. The fraction of sp³-hybridized carbons (Fsp3) is 0.591. The van der Waals surface area contributed by atoms with Gasteiger partial charge in [-0.3, -0.25) is 0 Å². The minimum Gasteiger partial charge on any atom is -0.508 e. The summed E-state index contributed by atoms with van der Waals surface area (Å²) in [4.78, 5) is 0. The molecule has 0 unspecified atom stereocenters. The van der Waals surface area contributed by atoms with Gasteiger partial charge in [0, 0.05) is 18.7 Å². The molecule has 0 aromatic heterocycles. The number of methoxy groups -OCH3 is 1. The zero-order valence-electron chi connectivity index (χ0n) is 15.2. The van der Waals surface area contributed by atoms with Crippen LogP contribution in [0, 0.1) is 28.6 Å². The SMILES string of the molecule is COCc1cc2c(cc1O)CC[C@@H]1[C@@H]2CC[C@]2(C)C(=CC#N)CC[C@@H]12. The third kappa shape index (κ3) is 2.50. The summed E-state index contributed by atoms with van der Waals surface area (Å²) in [5, 5.41) is 19.4. The molecule has 3 aliphatic rings. The maximum absolute atomic E-state index is 10.3. The van der Waals surface area contributed by atoms with Crippen LogP contribution in [-0.4, -0.2) is 12.2 Å². The minimum absolute atomic E-state index is 0.223. The monoisotopic (exact) mass is 337 g/mol. The first kappa shape index (κ1) is 16.7. The van der Waals surface area contributed by atoms with Gasteiger partial charge < -0.3 is 9.84 Å². The van der Waals surface area contributed by atoms with Gasteiger partial charge in [0.2, 0.25) is 0 Å². The Kier molecular flexibility index (Phi) is 4.12. The van der Waals surface area contributed by atoms with Gasteiger partial charge in [-0.2, -0.15) is 5.26 Å². The molecule has 132 valence electrons. The summed E-state index contributed by atoms with van der Waals surface area (Å²) in [5.41, 5.74) is 5.29. The average Bonchev–Trinajstić information content (AvgIpc) is 2.93. The standard InChI is InChI=1S/C22H27NO2/c1-22-9-7-17-18(20(22)6-4-16(22)8-10-23)5-3-14-12-21(24)15(13-25-2)11-19(14)17/h8,11-12,17-18,20,24H,3-7,9,13H2,1-2H3/t17-,18+,20-,22+/m0/s1. The summed E-state index contributed by atoms with van der Waals surface area (Å²) < 4.78 is 5.26. The number of phenols is 1. The first-order valence-electron chi connectivity index (χ1n) is 9.51. The molecule has 0 aliphatic heterocycles. The Morgan fingerprint density at radius 2 is 2.16 bits per heavy atom. The van der Waals surface area contributed by atoms with Crippen LogP contribution >= 0.6 is 0 Å². The van der Waals surface area contributed by atoms with Gasteiger partial charge in [-0.25, -0.2) is 0 Å². The predicted molar refractivity (Wildman–Crippen MR) is 97.1 cm³/mol. The number of rotatable bonds is 2. The van der Waals surface area contributed by atoms with E-state index in [9.17, 15) is 5.11 Å². The molecule has 0 spiro atoms. The smallest absolute Gasteiger partial charge is 0.121 e. The number of ether oxygens (including phenoxy) is 1. The molecule has 2 saturated carbocycles. The highest BCUT2D eigenvalue weighted by Gasteiger charge is 2.52. The normalized spacial score (nSPS) is 34.9. The Balaban J connectivity index is 1.70. The molecule has 3 nitrogen and oxygen atoms in total. The third-order valence-electron chi connectivity index (χ3n) is 7.31. The van der Waals surface area contributed by atoms with Crippen molar-refractivity contribution >= 4 is 0 Å². The molecule has 0 heterocycles. The van der Waals surface area contributed by atoms with Crippen molar-refractivity contribution in [3.8, 4) is 11.8 Å². The van der Waals surface area contributed by atoms with E-state index in [4.69, 9.17) is 10.00 Å². The van der Waals surface area contributed by atoms with E-state index in [2.05, 4.69) is 19.1 Å². The summed E-state index contributed by atoms with van der Waals surface area (Å²) in [6.07, 6.45) is 8.77. The summed E-state index contributed by atoms with van der Waals surface area (Å²) >= 11 is 0. The lowest BCUT2D eigenvalue weighted by Gasteiger charge is -2.49. The van der Waals surface area contributed by atoms with E-state index in [1.807, 2.05) is 12.1 Å². The Labute approximate surface area is 150 Å². The fourth-order valence-electron chi connectivity index (χ4n) is 6.09. The van der Waals surface area contributed by atoms with Gasteiger partial charge in [0.1, 0.15) is 5.75 Å². The molecule has 0 saturated heterocycles. The van der Waals surface area contributed by atoms with Gasteiger partial charge in [-0.05, 0) is 85.0 Å². The second kappa shape index (κ2) is 6.18. The number of aromatic hydroxyl groups is 1. The minimum atomic E-state index is 0.223. The fourth-order valence-corrected chi connectivity index (χ4v) is 6.09. The molecule has 1 aromatic rings. The van der Waals surface area contributed by atoms with Gasteiger partial charge in [-0.1, -0.05) is 12.5 Å². The van der Waals surface area contributed by atoms with Crippen molar-refractivity contribution in [3.05, 3.63) is 40.5 Å². The number of nitrogens with zero attached hydrogens (tertiary/aromatic N) is 1. The van der Waals surface area contributed by atoms with Crippen molar-refractivity contribution in [1.29, 1.82) is 5.26 Å². The molecule has 4 atom stereocenters. The first-order chi connectivity index (χ1) is 12.1. The Bertz CT molecular complexity index is 760. The van der Waals surface area contributed by atoms with Crippen LogP contribution in [0.1, 0.15) is 61.6 Å². The van der Waals surface area contributed by atoms with E-state index < -0.39 is 0 Å². The summed E-state index contributed by atoms with van der Waals surface area (Å²) in [7, 11) is 1.68. The molecule has 3 heteroatoms. The zero-order valence-corrected chi connectivity index (χ0v) is 15.2. The number of hydrogen-bond donors (Lipinski definition) is 1. The van der Waals surface area contributed by atoms with Crippen LogP contribution in [0.4, 0.5) is 0 Å². The van der Waals surface area contributed by atoms with Crippen molar-refractivity contribution in [2.75, 3.05) is 7.11 Å². The number of allylic oxidation sites excluding steroid dienone is 2. The van der Waals surface area contributed by atoms with E-state index in [0.717, 1.165) is 18.4 Å². The van der Waals surface area contributed by atoms with Gasteiger partial charge in [0.15, 0.2) is 0 Å². The van der Waals surface area contributed by atoms with Crippen molar-refractivity contribution in [2.45, 2.75) is 58.0 Å². The Hall–Kier alpha value is -1.79. The molecular formula is C22H27NO2. The molecule has 25 heavy (non-hydrogen) atoms. The summed E-state index contributed by atoms with van der Waals surface area (Å²) in [5.74, 6) is 2.37. The Morgan fingerprint density at radius 3 is 2.92 bits per heavy atom. The molecule has 0 amide bonds. The summed E-state index contributed by atoms with van der Waals surface area (Å²) in [6.45, 7) is 2.86. The van der Waals surface area contributed by atoms with Crippen LogP contribution in [0.2, 0.25) is 0 Å². The topological polar surface area (TPSA) is 53.2 Å². The van der Waals surface area contributed by atoms with Crippen LogP contribution < -0.4 is 0 Å². The molecule has 3 aliphatic carbocycles. The first-order valence-corrected chi connectivity index (χ1v) is 9.51. The quantitative estimate of drug-likeness (QED) is 0.785. The van der Waals surface area contributed by atoms with Crippen LogP contribution in [-0.2, 0) is 17.8 Å². The van der Waals surface area contributed by atoms with E-state index in [0.29, 0.717) is 30.1 Å². The lowest BCUT2D eigenvalue weighted by atomic mass is 9.55. The number of benzene rings is 1. The third-order valence-corrected chi connectivity index (χ3v) is 7.31. The largest absolute Gasteiger partial charge is 0.508 e. The highest BCUT2D eigenvalue weighted by molar-refractivity contribution is 5.46. The van der Waals surface area contributed by atoms with E-state index in [1.54, 1.807) is 7.11 Å². The van der Waals surface area contributed by atoms with E-state index in [-0.39, 0.29) is 5.41 Å². The number of phenolic OH excluding ortho intramolecular Hbond substituents is 1. The van der Waals surface area contributed by atoms with Crippen LogP contribution in [0.15, 0.2) is 23.8 Å². The molecule has 0 radical (unpaired) electrons. The molecule has 1 N–H and O–H groups in total. The van der Waals surface area contributed by atoms with Crippen molar-refractivity contribution in [2.24, 2.45) is 17.3 Å². The predicted octanol–water partition coefficient (Wildman–Crippen LogP) is 4.84. The van der Waals surface area contributed by atoms with Gasteiger partial charge in [0.25, 0.3) is 0 Å². The second-order valence-corrected chi connectivity index (χ2v) is 8.32. The maximum Gasteiger partial charge on any atom is 0.121 e. The van der Waals surface area contributed by atoms with Crippen LogP contribution in [0.25, 0.3) is 0 Å². The lowest BCUT2D eigenvalue weighted by molar-refractivity contribution is 0.0812. The molecule has 4 rings (SSSR count). The lowest BCUT2D eigenvalue weighted by Crippen LogP contribution is -2.40. The van der Waals surface area contributed by atoms with Gasteiger partial charge in [-0.15, -0.1) is 0 Å². The highest BCUT2D eigenvalue weighted by atomic mass is 16.5. The number of aryl methyl sites for hydroxylation is 1. The summed E-state index contributed by atoms with van der Waals surface area (Å²) in [6, 6.07) is 6.46. The number of nitriles is 1. The average molecular weight is 337 g/mol. The highest BCUT2D eigenvalue weighted by Crippen LogP contribution is 2.62. The zero-order chi connectivity index (χ0) is 17.6. The number of hydrogen-bond acceptors (Lipinski definition) is 3. The molecule has 0 bridgehead atoms. The molecule has 2 fully saturated rings. The Morgan fingerprint density at radius 1 is 1.32 bits per heavy atom. The van der Waals surface area contributed by atoms with E-state index in [1.165, 1.54) is 42.4 Å². The number of fused-ring (bicyclic) bond motifs is 5. The van der Waals surface area contributed by atoms with Gasteiger partial charge in [0.05, 0.1) is 12.7 Å².